The molecule has 1 fully saturated rings. The van der Waals surface area contributed by atoms with Crippen molar-refractivity contribution in [2.45, 2.75) is 31.1 Å². The number of aromatic nitrogens is 1. The van der Waals surface area contributed by atoms with Crippen LogP contribution in [0.5, 0.6) is 0 Å². The molecule has 0 aliphatic carbocycles. The van der Waals surface area contributed by atoms with Gasteiger partial charge in [-0.05, 0) is 55.5 Å². The number of piperidine rings is 1. The van der Waals surface area contributed by atoms with Gasteiger partial charge < -0.3 is 4.98 Å². The van der Waals surface area contributed by atoms with Crippen molar-refractivity contribution in [1.82, 2.24) is 9.29 Å². The van der Waals surface area contributed by atoms with Crippen LogP contribution in [-0.2, 0) is 0 Å². The van der Waals surface area contributed by atoms with Gasteiger partial charge in [-0.15, -0.1) is 0 Å². The van der Waals surface area contributed by atoms with E-state index in [9.17, 15) is 0 Å². The average Bonchev–Trinajstić information content (AvgIpc) is 2.73. The molecule has 90 valence electrons. The molecule has 0 spiro atoms. The summed E-state index contributed by atoms with van der Waals surface area (Å²) in [7, 11) is 0. The second-order valence-electron chi connectivity index (χ2n) is 4.76. The van der Waals surface area contributed by atoms with Crippen LogP contribution in [0.1, 0.15) is 24.8 Å². The number of aryl methyl sites for hydroxylation is 1. The van der Waals surface area contributed by atoms with Gasteiger partial charge in [0.15, 0.2) is 0 Å². The number of nitrogens with zero attached hydrogens (tertiary/aromatic N) is 1. The van der Waals surface area contributed by atoms with Crippen LogP contribution in [0.4, 0.5) is 0 Å². The summed E-state index contributed by atoms with van der Waals surface area (Å²) in [5, 5.41) is 1.35. The molecule has 0 bridgehead atoms. The number of hydrogen-bond acceptors (Lipinski definition) is 2. The van der Waals surface area contributed by atoms with E-state index in [1.165, 1.54) is 53.7 Å². The van der Waals surface area contributed by atoms with Crippen LogP contribution in [-0.4, -0.2) is 22.4 Å². The fraction of sp³-hybridized carbons (Fsp3) is 0.429. The fourth-order valence-electron chi connectivity index (χ4n) is 2.40. The third kappa shape index (κ3) is 2.35. The summed E-state index contributed by atoms with van der Waals surface area (Å²) in [6.45, 7) is 4.62. The Morgan fingerprint density at radius 2 is 2.00 bits per heavy atom. The van der Waals surface area contributed by atoms with Gasteiger partial charge >= 0.3 is 0 Å². The summed E-state index contributed by atoms with van der Waals surface area (Å²) >= 11 is 1.91. The van der Waals surface area contributed by atoms with Crippen LogP contribution < -0.4 is 0 Å². The lowest BCUT2D eigenvalue weighted by molar-refractivity contribution is 0.380. The van der Waals surface area contributed by atoms with E-state index < -0.39 is 0 Å². The first-order chi connectivity index (χ1) is 8.33. The van der Waals surface area contributed by atoms with E-state index in [1.807, 2.05) is 11.9 Å². The molecule has 1 aliphatic heterocycles. The van der Waals surface area contributed by atoms with E-state index in [2.05, 4.69) is 40.6 Å². The third-order valence-electron chi connectivity index (χ3n) is 3.41. The molecular weight excluding hydrogens is 228 g/mol. The molecule has 0 saturated carbocycles. The minimum atomic E-state index is 1.23. The molecule has 0 radical (unpaired) electrons. The van der Waals surface area contributed by atoms with Crippen molar-refractivity contribution in [3.8, 4) is 0 Å². The maximum Gasteiger partial charge on any atom is 0.0457 e. The molecule has 3 rings (SSSR count). The predicted octanol–water partition coefficient (Wildman–Crippen LogP) is 3.97. The zero-order chi connectivity index (χ0) is 11.7. The highest BCUT2D eigenvalue weighted by Crippen LogP contribution is 2.29. The molecule has 2 aromatic rings. The minimum Gasteiger partial charge on any atom is -0.361 e. The van der Waals surface area contributed by atoms with Gasteiger partial charge in [0.1, 0.15) is 0 Å². The van der Waals surface area contributed by atoms with Crippen LogP contribution in [0.25, 0.3) is 10.9 Å². The molecule has 1 N–H and O–H groups in total. The molecule has 1 aromatic carbocycles. The zero-order valence-corrected chi connectivity index (χ0v) is 11.0. The van der Waals surface area contributed by atoms with Crippen LogP contribution in [0.2, 0.25) is 0 Å². The Hall–Kier alpha value is -0.930. The van der Waals surface area contributed by atoms with Crippen molar-refractivity contribution in [2.24, 2.45) is 0 Å². The number of rotatable bonds is 2. The van der Waals surface area contributed by atoms with Gasteiger partial charge in [0.2, 0.25) is 0 Å². The minimum absolute atomic E-state index is 1.23. The van der Waals surface area contributed by atoms with E-state index in [0.29, 0.717) is 0 Å². The summed E-state index contributed by atoms with van der Waals surface area (Å²) in [5.74, 6) is 0. The molecule has 2 nitrogen and oxygen atoms in total. The highest BCUT2D eigenvalue weighted by molar-refractivity contribution is 7.97. The Labute approximate surface area is 107 Å². The van der Waals surface area contributed by atoms with Gasteiger partial charge in [-0.25, -0.2) is 4.31 Å². The van der Waals surface area contributed by atoms with Gasteiger partial charge in [0.25, 0.3) is 0 Å². The van der Waals surface area contributed by atoms with E-state index in [4.69, 9.17) is 0 Å². The first kappa shape index (κ1) is 11.2. The fourth-order valence-corrected chi connectivity index (χ4v) is 3.44. The number of H-pyrrole nitrogens is 1. The molecule has 0 amide bonds. The molecule has 1 aromatic heterocycles. The quantitative estimate of drug-likeness (QED) is 0.809. The molecular formula is C14H18N2S. The van der Waals surface area contributed by atoms with Crippen molar-refractivity contribution in [3.63, 3.8) is 0 Å². The van der Waals surface area contributed by atoms with Crippen LogP contribution in [0.15, 0.2) is 29.3 Å². The van der Waals surface area contributed by atoms with Crippen molar-refractivity contribution < 1.29 is 0 Å². The number of aromatic amines is 1. The standard InChI is InChI=1S/C14H18N2S/c1-11-10-15-14-6-5-12(9-13(11)14)17-16-7-3-2-4-8-16/h5-6,9-10,15H,2-4,7-8H2,1H3. The SMILES string of the molecule is Cc1c[nH]c2ccc(SN3CCCCC3)cc12. The van der Waals surface area contributed by atoms with Gasteiger partial charge in [-0.1, -0.05) is 6.42 Å². The molecule has 3 heteroatoms. The highest BCUT2D eigenvalue weighted by Gasteiger charge is 2.11. The third-order valence-corrected chi connectivity index (χ3v) is 4.50. The Kier molecular flexibility index (Phi) is 3.12. The topological polar surface area (TPSA) is 19.0 Å². The second kappa shape index (κ2) is 4.75. The monoisotopic (exact) mass is 246 g/mol. The van der Waals surface area contributed by atoms with E-state index in [-0.39, 0.29) is 0 Å². The average molecular weight is 246 g/mol. The van der Waals surface area contributed by atoms with Crippen molar-refractivity contribution in [1.29, 1.82) is 0 Å². The first-order valence-corrected chi connectivity index (χ1v) is 7.11. The maximum atomic E-state index is 3.30. The molecule has 2 heterocycles. The maximum absolute atomic E-state index is 3.30. The van der Waals surface area contributed by atoms with E-state index in [0.717, 1.165) is 0 Å². The van der Waals surface area contributed by atoms with Gasteiger partial charge in [-0.3, -0.25) is 0 Å². The largest absolute Gasteiger partial charge is 0.361 e. The summed E-state index contributed by atoms with van der Waals surface area (Å²) in [4.78, 5) is 4.66. The number of fused-ring (bicyclic) bond motifs is 1. The number of benzene rings is 1. The van der Waals surface area contributed by atoms with Crippen molar-refractivity contribution >= 4 is 22.9 Å². The van der Waals surface area contributed by atoms with Crippen molar-refractivity contribution in [2.75, 3.05) is 13.1 Å². The van der Waals surface area contributed by atoms with Gasteiger partial charge in [-0.2, -0.15) is 0 Å². The van der Waals surface area contributed by atoms with Crippen LogP contribution >= 0.6 is 11.9 Å². The van der Waals surface area contributed by atoms with Gasteiger partial charge in [0.05, 0.1) is 0 Å². The summed E-state index contributed by atoms with van der Waals surface area (Å²) < 4.78 is 2.49. The Morgan fingerprint density at radius 3 is 2.82 bits per heavy atom. The predicted molar refractivity (Wildman–Crippen MR) is 74.3 cm³/mol. The summed E-state index contributed by atoms with van der Waals surface area (Å²) in [6.07, 6.45) is 6.17. The molecule has 17 heavy (non-hydrogen) atoms. The first-order valence-electron chi connectivity index (χ1n) is 6.33. The van der Waals surface area contributed by atoms with E-state index in [1.54, 1.807) is 0 Å². The summed E-state index contributed by atoms with van der Waals surface area (Å²) in [5.41, 5.74) is 2.58. The lowest BCUT2D eigenvalue weighted by Crippen LogP contribution is -2.22. The van der Waals surface area contributed by atoms with Crippen molar-refractivity contribution in [3.05, 3.63) is 30.0 Å². The number of nitrogens with one attached hydrogen (secondary N) is 1. The Balaban J connectivity index is 1.82. The number of hydrogen-bond donors (Lipinski definition) is 1. The van der Waals surface area contributed by atoms with Crippen LogP contribution in [0, 0.1) is 6.92 Å². The molecule has 0 atom stereocenters. The van der Waals surface area contributed by atoms with E-state index >= 15 is 0 Å². The lowest BCUT2D eigenvalue weighted by atomic mass is 10.2. The highest BCUT2D eigenvalue weighted by atomic mass is 32.2. The molecule has 1 saturated heterocycles. The lowest BCUT2D eigenvalue weighted by Gasteiger charge is -2.25. The molecule has 1 aliphatic rings. The zero-order valence-electron chi connectivity index (χ0n) is 10.2. The summed E-state index contributed by atoms with van der Waals surface area (Å²) in [6, 6.07) is 6.71. The molecule has 0 unspecified atom stereocenters. The smallest absolute Gasteiger partial charge is 0.0457 e. The normalized spacial score (nSPS) is 17.7. The Bertz CT molecular complexity index is 512. The Morgan fingerprint density at radius 1 is 1.18 bits per heavy atom. The van der Waals surface area contributed by atoms with Crippen LogP contribution in [0.3, 0.4) is 0 Å². The van der Waals surface area contributed by atoms with Gasteiger partial charge in [0, 0.05) is 35.1 Å². The second-order valence-corrected chi connectivity index (χ2v) is 5.93.